The summed E-state index contributed by atoms with van der Waals surface area (Å²) in [5.74, 6) is 0.755. The molecule has 0 saturated carbocycles. The molecule has 2 heterocycles. The average Bonchev–Trinajstić information content (AvgIpc) is 2.84. The molecule has 0 spiro atoms. The Hall–Kier alpha value is 0.358. The van der Waals surface area contributed by atoms with Crippen LogP contribution < -0.4 is 4.57 Å². The summed E-state index contributed by atoms with van der Waals surface area (Å²) in [4.78, 5) is 17.4. The minimum atomic E-state index is -5.42. The number of fused-ring (bicyclic) bond motifs is 5. The summed E-state index contributed by atoms with van der Waals surface area (Å²) < 4.78 is 1.74. The van der Waals surface area contributed by atoms with Crippen LogP contribution in [0.5, 0.6) is 0 Å². The third kappa shape index (κ3) is 5.74. The van der Waals surface area contributed by atoms with Crippen molar-refractivity contribution in [1.82, 2.24) is 4.98 Å². The molecule has 1 aromatic heterocycles. The first-order valence-electron chi connectivity index (χ1n) is 7.76. The molecule has 1 aliphatic rings. The molecular formula is C17H13Cl6N2OSSb. The van der Waals surface area contributed by atoms with Gasteiger partial charge in [-0.15, -0.1) is 0 Å². The summed E-state index contributed by atoms with van der Waals surface area (Å²) in [6, 6.07) is 13.8. The van der Waals surface area contributed by atoms with Gasteiger partial charge < -0.3 is 0 Å². The summed E-state index contributed by atoms with van der Waals surface area (Å²) in [7, 11) is 25.0. The minimum absolute atomic E-state index is 0.00889. The summed E-state index contributed by atoms with van der Waals surface area (Å²) in [5, 5.41) is 2.00. The molecule has 0 fully saturated rings. The van der Waals surface area contributed by atoms with Gasteiger partial charge in [0.2, 0.25) is 5.03 Å². The Morgan fingerprint density at radius 2 is 1.54 bits per heavy atom. The number of hydrogen-bond donors (Lipinski definition) is 0. The summed E-state index contributed by atoms with van der Waals surface area (Å²) >= 11 is 1.61. The van der Waals surface area contributed by atoms with Gasteiger partial charge in [0.1, 0.15) is 5.52 Å². The third-order valence-electron chi connectivity index (χ3n) is 3.84. The Morgan fingerprint density at radius 1 is 0.964 bits per heavy atom. The van der Waals surface area contributed by atoms with E-state index in [9.17, 15) is 4.79 Å². The van der Waals surface area contributed by atoms with Gasteiger partial charge >= 0.3 is 73.8 Å². The van der Waals surface area contributed by atoms with Crippen molar-refractivity contribution in [2.24, 2.45) is 0 Å². The number of halogens is 6. The number of carbonyl (C=O) groups is 1. The zero-order chi connectivity index (χ0) is 21.0. The topological polar surface area (TPSA) is 33.8 Å². The van der Waals surface area contributed by atoms with Crippen LogP contribution in [0, 0.1) is 6.92 Å². The fraction of sp³-hybridized carbons (Fsp3) is 0.118. The van der Waals surface area contributed by atoms with Crippen molar-refractivity contribution in [2.75, 3.05) is 6.26 Å². The van der Waals surface area contributed by atoms with Crippen LogP contribution in [0.2, 0.25) is 0 Å². The predicted octanol–water partition coefficient (Wildman–Crippen LogP) is 6.98. The second-order valence-electron chi connectivity index (χ2n) is 6.11. The molecule has 3 aromatic rings. The van der Waals surface area contributed by atoms with Gasteiger partial charge in [0.05, 0.1) is 16.5 Å². The average molecular weight is 628 g/mol. The first kappa shape index (κ1) is 23.0. The Labute approximate surface area is 186 Å². The van der Waals surface area contributed by atoms with Crippen molar-refractivity contribution in [3.63, 3.8) is 0 Å². The second-order valence-corrected chi connectivity index (χ2v) is 63.8. The molecule has 0 amide bonds. The first-order chi connectivity index (χ1) is 12.7. The first-order valence-corrected chi connectivity index (χ1v) is 28.4. The normalized spacial score (nSPS) is 15.2. The molecule has 3 nitrogen and oxygen atoms in total. The maximum atomic E-state index is 12.7. The Balaban J connectivity index is 0.000000279. The molecule has 0 saturated heterocycles. The molecule has 1 aliphatic heterocycles. The van der Waals surface area contributed by atoms with Gasteiger partial charge in [0, 0.05) is 0 Å². The fourth-order valence-electron chi connectivity index (χ4n) is 2.86. The van der Waals surface area contributed by atoms with Crippen LogP contribution in [0.1, 0.15) is 15.9 Å². The Bertz CT molecular complexity index is 1120. The van der Waals surface area contributed by atoms with E-state index in [1.54, 1.807) is 16.3 Å². The maximum absolute atomic E-state index is 12.7. The van der Waals surface area contributed by atoms with Gasteiger partial charge in [0.15, 0.2) is 0 Å². The number of rotatable bonds is 1. The van der Waals surface area contributed by atoms with Gasteiger partial charge in [-0.2, -0.15) is 4.57 Å². The van der Waals surface area contributed by atoms with Crippen LogP contribution >= 0.6 is 64.7 Å². The SMILES string of the molecule is CSc1nc2[n+](c3ccc(C)cc13)C(=O)c1ccccc1-2.[Cl][Sb-]([Cl])([Cl])([Cl])([Cl])[Cl]. The number of hydrogen-bond acceptors (Lipinski definition) is 3. The van der Waals surface area contributed by atoms with E-state index in [0.29, 0.717) is 0 Å². The predicted molar refractivity (Wildman–Crippen MR) is 124 cm³/mol. The molecule has 0 N–H and O–H groups in total. The zero-order valence-electron chi connectivity index (χ0n) is 14.5. The van der Waals surface area contributed by atoms with Crippen LogP contribution in [0.15, 0.2) is 47.5 Å². The van der Waals surface area contributed by atoms with Crippen molar-refractivity contribution >= 4 is 90.7 Å². The van der Waals surface area contributed by atoms with Crippen molar-refractivity contribution < 1.29 is 9.36 Å². The summed E-state index contributed by atoms with van der Waals surface area (Å²) in [5.41, 5.74) is 3.74. The second kappa shape index (κ2) is 7.21. The molecule has 150 valence electrons. The van der Waals surface area contributed by atoms with E-state index in [0.717, 1.165) is 32.9 Å². The van der Waals surface area contributed by atoms with E-state index in [1.165, 1.54) is 5.56 Å². The monoisotopic (exact) mass is 624 g/mol. The van der Waals surface area contributed by atoms with Gasteiger partial charge in [-0.05, 0) is 42.4 Å². The van der Waals surface area contributed by atoms with Crippen LogP contribution in [0.3, 0.4) is 0 Å². The fourth-order valence-corrected chi connectivity index (χ4v) is 3.42. The number of nitrogens with zero attached hydrogens (tertiary/aromatic N) is 2. The van der Waals surface area contributed by atoms with Crippen molar-refractivity contribution in [1.29, 1.82) is 0 Å². The molecule has 0 aliphatic carbocycles. The number of aryl methyl sites for hydroxylation is 1. The summed E-state index contributed by atoms with van der Waals surface area (Å²) in [6.45, 7) is 2.05. The molecule has 0 unspecified atom stereocenters. The van der Waals surface area contributed by atoms with E-state index in [2.05, 4.69) is 13.0 Å². The van der Waals surface area contributed by atoms with Crippen LogP contribution in [-0.2, 0) is 0 Å². The number of carbonyl (C=O) groups excluding carboxylic acids is 1. The standard InChI is InChI=1S/C17H13N2OS.6ClH.Sb/c1-10-7-8-14-13(9-10)16(21-2)18-15-11-5-3-4-6-12(11)17(20)19(14)15;;;;;;;/h3-9H,1-2H3;6*1H;/q+1;;;;;;;+5/p-6. The molecule has 28 heavy (non-hydrogen) atoms. The van der Waals surface area contributed by atoms with Crippen LogP contribution in [0.25, 0.3) is 22.3 Å². The van der Waals surface area contributed by atoms with Gasteiger partial charge in [-0.25, -0.2) is 4.79 Å². The van der Waals surface area contributed by atoms with E-state index in [4.69, 9.17) is 58.0 Å². The van der Waals surface area contributed by atoms with Crippen molar-refractivity contribution in [3.05, 3.63) is 53.6 Å². The molecular weight excluding hydrogens is 615 g/mol. The molecule has 4 rings (SSSR count). The Morgan fingerprint density at radius 3 is 2.11 bits per heavy atom. The quantitative estimate of drug-likeness (QED) is 0.0989. The Kier molecular flexibility index (Phi) is 5.93. The van der Waals surface area contributed by atoms with E-state index in [-0.39, 0.29) is 5.91 Å². The molecule has 0 atom stereocenters. The molecule has 2 aromatic carbocycles. The molecule has 0 radical (unpaired) electrons. The molecule has 0 bridgehead atoms. The van der Waals surface area contributed by atoms with Crippen LogP contribution in [0.4, 0.5) is 0 Å². The summed E-state index contributed by atoms with van der Waals surface area (Å²) in [6.07, 6.45) is 2.02. The van der Waals surface area contributed by atoms with E-state index in [1.807, 2.05) is 42.7 Å². The van der Waals surface area contributed by atoms with Crippen molar-refractivity contribution in [3.8, 4) is 11.4 Å². The van der Waals surface area contributed by atoms with Gasteiger partial charge in [-0.1, -0.05) is 35.5 Å². The zero-order valence-corrected chi connectivity index (χ0v) is 22.4. The van der Waals surface area contributed by atoms with Crippen molar-refractivity contribution in [2.45, 2.75) is 11.9 Å². The van der Waals surface area contributed by atoms with E-state index >= 15 is 0 Å². The van der Waals surface area contributed by atoms with E-state index < -0.39 is 9.14 Å². The third-order valence-corrected chi connectivity index (χ3v) is 4.54. The number of thioether (sulfide) groups is 1. The van der Waals surface area contributed by atoms with Gasteiger partial charge in [0.25, 0.3) is 0 Å². The van der Waals surface area contributed by atoms with Gasteiger partial charge in [-0.3, -0.25) is 0 Å². The van der Waals surface area contributed by atoms with Crippen LogP contribution in [-0.4, -0.2) is 26.3 Å². The number of aromatic nitrogens is 2. The number of benzene rings is 2. The molecule has 11 heteroatoms.